The van der Waals surface area contributed by atoms with Crippen LogP contribution in [0.2, 0.25) is 0 Å². The number of piperidine rings is 1. The highest BCUT2D eigenvalue weighted by Gasteiger charge is 2.33. The average Bonchev–Trinajstić information content (AvgIpc) is 3.01. The van der Waals surface area contributed by atoms with Crippen LogP contribution in [0.3, 0.4) is 0 Å². The second-order valence-electron chi connectivity index (χ2n) is 8.15. The topological polar surface area (TPSA) is 103 Å². The Kier molecular flexibility index (Phi) is 5.94. The van der Waals surface area contributed by atoms with Crippen LogP contribution >= 0.6 is 0 Å². The Morgan fingerprint density at radius 2 is 1.84 bits per heavy atom. The zero-order valence-corrected chi connectivity index (χ0v) is 18.9. The van der Waals surface area contributed by atoms with Gasteiger partial charge in [-0.25, -0.2) is 8.42 Å². The molecule has 0 aliphatic carbocycles. The molecular formula is C21H28N4O5S. The fourth-order valence-corrected chi connectivity index (χ4v) is 5.86. The van der Waals surface area contributed by atoms with Gasteiger partial charge in [-0.05, 0) is 44.7 Å². The molecule has 1 aromatic carbocycles. The van der Waals surface area contributed by atoms with Gasteiger partial charge in [-0.2, -0.15) is 9.40 Å². The molecule has 3 heterocycles. The van der Waals surface area contributed by atoms with Gasteiger partial charge in [0.1, 0.15) is 24.7 Å². The molecule has 2 aromatic rings. The summed E-state index contributed by atoms with van der Waals surface area (Å²) >= 11 is 0. The number of amides is 1. The molecule has 2 aliphatic heterocycles. The first-order valence-electron chi connectivity index (χ1n) is 10.5. The van der Waals surface area contributed by atoms with Crippen molar-refractivity contribution in [2.45, 2.75) is 45.1 Å². The number of ether oxygens (including phenoxy) is 2. The van der Waals surface area contributed by atoms with Gasteiger partial charge < -0.3 is 14.8 Å². The fraction of sp³-hybridized carbons (Fsp3) is 0.524. The van der Waals surface area contributed by atoms with Gasteiger partial charge in [0.2, 0.25) is 15.9 Å². The molecule has 1 saturated heterocycles. The lowest BCUT2D eigenvalue weighted by Gasteiger charge is -2.29. The fourth-order valence-electron chi connectivity index (χ4n) is 4.02. The Labute approximate surface area is 182 Å². The van der Waals surface area contributed by atoms with Gasteiger partial charge in [0.15, 0.2) is 11.5 Å². The minimum absolute atomic E-state index is 0.0896. The maximum Gasteiger partial charge on any atom is 0.246 e. The normalized spacial score (nSPS) is 17.5. The summed E-state index contributed by atoms with van der Waals surface area (Å²) in [6.07, 6.45) is 1.70. The van der Waals surface area contributed by atoms with E-state index in [0.29, 0.717) is 60.8 Å². The van der Waals surface area contributed by atoms with Crippen LogP contribution in [0.5, 0.6) is 11.5 Å². The molecule has 2 aliphatic rings. The highest BCUT2D eigenvalue weighted by Crippen LogP contribution is 2.32. The molecular weight excluding hydrogens is 420 g/mol. The van der Waals surface area contributed by atoms with E-state index in [0.717, 1.165) is 12.8 Å². The third-order valence-corrected chi connectivity index (χ3v) is 7.93. The number of fused-ring (bicyclic) bond motifs is 1. The third kappa shape index (κ3) is 4.40. The Morgan fingerprint density at radius 3 is 2.55 bits per heavy atom. The lowest BCUT2D eigenvalue weighted by Crippen LogP contribution is -2.38. The number of nitrogens with one attached hydrogen (secondary N) is 1. The van der Waals surface area contributed by atoms with Crippen molar-refractivity contribution in [2.24, 2.45) is 5.92 Å². The van der Waals surface area contributed by atoms with Crippen LogP contribution < -0.4 is 14.8 Å². The maximum absolute atomic E-state index is 13.2. The summed E-state index contributed by atoms with van der Waals surface area (Å²) in [5.74, 6) is 1.45. The number of anilines is 1. The Hall–Kier alpha value is -2.59. The number of hydrogen-bond donors (Lipinski definition) is 1. The van der Waals surface area contributed by atoms with E-state index in [1.54, 1.807) is 32.0 Å². The van der Waals surface area contributed by atoms with E-state index in [4.69, 9.17) is 9.47 Å². The number of sulfonamides is 1. The van der Waals surface area contributed by atoms with Gasteiger partial charge in [-0.3, -0.25) is 9.48 Å². The van der Waals surface area contributed by atoms with Crippen molar-refractivity contribution in [1.82, 2.24) is 14.1 Å². The highest BCUT2D eigenvalue weighted by atomic mass is 32.2. The molecule has 31 heavy (non-hydrogen) atoms. The monoisotopic (exact) mass is 448 g/mol. The molecule has 1 aromatic heterocycles. The Balaban J connectivity index is 1.49. The molecule has 0 saturated carbocycles. The molecule has 168 valence electrons. The smallest absolute Gasteiger partial charge is 0.246 e. The van der Waals surface area contributed by atoms with Gasteiger partial charge in [0, 0.05) is 24.8 Å². The van der Waals surface area contributed by atoms with Crippen LogP contribution in [0.4, 0.5) is 5.69 Å². The van der Waals surface area contributed by atoms with Crippen LogP contribution in [0, 0.1) is 19.8 Å². The van der Waals surface area contributed by atoms with E-state index in [1.165, 1.54) is 8.99 Å². The van der Waals surface area contributed by atoms with E-state index in [-0.39, 0.29) is 17.3 Å². The number of benzene rings is 1. The second kappa shape index (κ2) is 8.51. The first kappa shape index (κ1) is 21.6. The summed E-state index contributed by atoms with van der Waals surface area (Å²) in [6, 6.07) is 5.19. The van der Waals surface area contributed by atoms with Crippen LogP contribution in [0.1, 0.15) is 31.2 Å². The largest absolute Gasteiger partial charge is 0.486 e. The average molecular weight is 449 g/mol. The first-order chi connectivity index (χ1) is 14.8. The summed E-state index contributed by atoms with van der Waals surface area (Å²) in [7, 11) is -3.64. The van der Waals surface area contributed by atoms with Crippen molar-refractivity contribution in [3.63, 3.8) is 0 Å². The molecule has 1 fully saturated rings. The van der Waals surface area contributed by atoms with Crippen LogP contribution in [-0.4, -0.2) is 54.7 Å². The minimum atomic E-state index is -3.64. The zero-order valence-electron chi connectivity index (χ0n) is 18.1. The van der Waals surface area contributed by atoms with E-state index < -0.39 is 10.0 Å². The van der Waals surface area contributed by atoms with Crippen molar-refractivity contribution >= 4 is 21.6 Å². The zero-order chi connectivity index (χ0) is 22.2. The third-order valence-electron chi connectivity index (χ3n) is 5.77. The van der Waals surface area contributed by atoms with Crippen molar-refractivity contribution in [2.75, 3.05) is 31.6 Å². The summed E-state index contributed by atoms with van der Waals surface area (Å²) < 4.78 is 40.4. The van der Waals surface area contributed by atoms with Crippen molar-refractivity contribution in [3.8, 4) is 11.5 Å². The number of hydrogen-bond acceptors (Lipinski definition) is 6. The van der Waals surface area contributed by atoms with Crippen LogP contribution in [0.25, 0.3) is 0 Å². The van der Waals surface area contributed by atoms with E-state index in [1.807, 2.05) is 0 Å². The number of carbonyl (C=O) groups is 1. The Morgan fingerprint density at radius 1 is 1.16 bits per heavy atom. The summed E-state index contributed by atoms with van der Waals surface area (Å²) in [5, 5.41) is 7.15. The number of aryl methyl sites for hydroxylation is 1. The summed E-state index contributed by atoms with van der Waals surface area (Å²) in [4.78, 5) is 12.8. The number of carbonyl (C=O) groups excluding carboxylic acids is 1. The molecule has 0 radical (unpaired) electrons. The molecule has 4 rings (SSSR count). The lowest BCUT2D eigenvalue weighted by atomic mass is 10.0. The predicted octanol–water partition coefficient (Wildman–Crippen LogP) is 2.33. The van der Waals surface area contributed by atoms with E-state index in [2.05, 4.69) is 17.3 Å². The molecule has 1 N–H and O–H groups in total. The van der Waals surface area contributed by atoms with Crippen LogP contribution in [-0.2, 0) is 21.4 Å². The van der Waals surface area contributed by atoms with Crippen molar-refractivity contribution in [3.05, 3.63) is 29.6 Å². The number of nitrogens with zero attached hydrogens (tertiary/aromatic N) is 3. The van der Waals surface area contributed by atoms with Gasteiger partial charge in [-0.15, -0.1) is 0 Å². The predicted molar refractivity (Wildman–Crippen MR) is 115 cm³/mol. The molecule has 0 spiro atoms. The van der Waals surface area contributed by atoms with Gasteiger partial charge in [0.05, 0.1) is 11.4 Å². The standard InChI is InChI=1S/C21H28N4O5S/c1-14-6-8-24(9-7-14)31(27,28)21-15(2)23-25(16(21)3)13-20(26)22-17-4-5-18-19(12-17)30-11-10-29-18/h4-5,12,14H,6-11,13H2,1-3H3,(H,22,26). The maximum atomic E-state index is 13.2. The Bertz CT molecular complexity index is 1090. The molecule has 9 nitrogen and oxygen atoms in total. The molecule has 1 amide bonds. The van der Waals surface area contributed by atoms with Crippen molar-refractivity contribution < 1.29 is 22.7 Å². The number of rotatable bonds is 5. The SMILES string of the molecule is Cc1nn(CC(=O)Nc2ccc3c(c2)OCCO3)c(C)c1S(=O)(=O)N1CCC(C)CC1. The number of aromatic nitrogens is 2. The lowest BCUT2D eigenvalue weighted by molar-refractivity contribution is -0.116. The molecule has 10 heteroatoms. The first-order valence-corrected chi connectivity index (χ1v) is 11.9. The van der Waals surface area contributed by atoms with Gasteiger partial charge >= 0.3 is 0 Å². The van der Waals surface area contributed by atoms with E-state index >= 15 is 0 Å². The molecule has 0 bridgehead atoms. The quantitative estimate of drug-likeness (QED) is 0.753. The second-order valence-corrected chi connectivity index (χ2v) is 10.0. The van der Waals surface area contributed by atoms with Gasteiger partial charge in [-0.1, -0.05) is 6.92 Å². The minimum Gasteiger partial charge on any atom is -0.486 e. The molecule has 0 unspecified atom stereocenters. The summed E-state index contributed by atoms with van der Waals surface area (Å²) in [6.45, 7) is 7.39. The van der Waals surface area contributed by atoms with Gasteiger partial charge in [0.25, 0.3) is 0 Å². The van der Waals surface area contributed by atoms with Crippen molar-refractivity contribution in [1.29, 1.82) is 0 Å². The summed E-state index contributed by atoms with van der Waals surface area (Å²) in [5.41, 5.74) is 1.45. The highest BCUT2D eigenvalue weighted by molar-refractivity contribution is 7.89. The van der Waals surface area contributed by atoms with Crippen LogP contribution in [0.15, 0.2) is 23.1 Å². The van der Waals surface area contributed by atoms with E-state index in [9.17, 15) is 13.2 Å². The molecule has 0 atom stereocenters.